The number of carbonyl (C=O) groups is 1. The van der Waals surface area contributed by atoms with Gasteiger partial charge in [0.25, 0.3) is 5.56 Å². The molecule has 0 fully saturated rings. The van der Waals surface area contributed by atoms with Gasteiger partial charge in [0.1, 0.15) is 11.2 Å². The number of nitrogens with zero attached hydrogens (tertiary/aromatic N) is 2. The van der Waals surface area contributed by atoms with Crippen LogP contribution in [0.3, 0.4) is 0 Å². The Morgan fingerprint density at radius 1 is 1.07 bits per heavy atom. The molecule has 2 heterocycles. The van der Waals surface area contributed by atoms with Gasteiger partial charge in [0, 0.05) is 10.6 Å². The van der Waals surface area contributed by atoms with E-state index in [1.54, 1.807) is 0 Å². The van der Waals surface area contributed by atoms with Crippen LogP contribution < -0.4 is 10.9 Å². The Labute approximate surface area is 172 Å². The van der Waals surface area contributed by atoms with Gasteiger partial charge in [0.15, 0.2) is 0 Å². The number of thiophene rings is 1. The van der Waals surface area contributed by atoms with Gasteiger partial charge >= 0.3 is 6.18 Å². The first-order valence-electron chi connectivity index (χ1n) is 8.83. The zero-order valence-corrected chi connectivity index (χ0v) is 16.1. The lowest BCUT2D eigenvalue weighted by molar-refractivity contribution is -0.137. The van der Waals surface area contributed by atoms with Crippen LogP contribution in [0.4, 0.5) is 18.9 Å². The molecule has 0 atom stereocenters. The normalized spacial score (nSPS) is 11.6. The lowest BCUT2D eigenvalue weighted by Gasteiger charge is -2.09. The zero-order chi connectivity index (χ0) is 21.3. The summed E-state index contributed by atoms with van der Waals surface area (Å²) in [6, 6.07) is 15.5. The molecular weight excluding hydrogens is 415 g/mol. The predicted octanol–water partition coefficient (Wildman–Crippen LogP) is 4.78. The molecule has 0 saturated carbocycles. The fourth-order valence-electron chi connectivity index (χ4n) is 2.90. The maximum Gasteiger partial charge on any atom is 0.416 e. The Hall–Kier alpha value is -3.46. The van der Waals surface area contributed by atoms with Crippen molar-refractivity contribution < 1.29 is 18.0 Å². The van der Waals surface area contributed by atoms with E-state index < -0.39 is 17.6 Å². The molecular formula is C21H14F3N3O2S. The minimum Gasteiger partial charge on any atom is -0.325 e. The first-order valence-corrected chi connectivity index (χ1v) is 9.64. The van der Waals surface area contributed by atoms with E-state index in [-0.39, 0.29) is 17.8 Å². The van der Waals surface area contributed by atoms with Crippen LogP contribution in [-0.4, -0.2) is 15.5 Å². The van der Waals surface area contributed by atoms with E-state index in [9.17, 15) is 22.8 Å². The number of aromatic nitrogens is 2. The molecule has 0 radical (unpaired) electrons. The van der Waals surface area contributed by atoms with Crippen molar-refractivity contribution in [3.63, 3.8) is 0 Å². The van der Waals surface area contributed by atoms with Gasteiger partial charge in [-0.1, -0.05) is 30.3 Å². The third-order valence-electron chi connectivity index (χ3n) is 4.37. The number of hydrogen-bond acceptors (Lipinski definition) is 4. The van der Waals surface area contributed by atoms with E-state index in [2.05, 4.69) is 10.3 Å². The molecule has 0 spiro atoms. The minimum absolute atomic E-state index is 0.206. The van der Waals surface area contributed by atoms with E-state index in [4.69, 9.17) is 0 Å². The zero-order valence-electron chi connectivity index (χ0n) is 15.3. The summed E-state index contributed by atoms with van der Waals surface area (Å²) in [6.07, 6.45) is -3.16. The number of anilines is 1. The van der Waals surface area contributed by atoms with Crippen molar-refractivity contribution >= 4 is 33.1 Å². The smallest absolute Gasteiger partial charge is 0.325 e. The molecule has 30 heavy (non-hydrogen) atoms. The predicted molar refractivity (Wildman–Crippen MR) is 109 cm³/mol. The molecule has 0 unspecified atom stereocenters. The number of alkyl halides is 3. The number of rotatable bonds is 4. The molecule has 9 heteroatoms. The highest BCUT2D eigenvalue weighted by atomic mass is 32.1. The molecule has 4 rings (SSSR count). The Balaban J connectivity index is 1.53. The highest BCUT2D eigenvalue weighted by Gasteiger charge is 2.30. The van der Waals surface area contributed by atoms with Crippen molar-refractivity contribution in [1.29, 1.82) is 0 Å². The van der Waals surface area contributed by atoms with Gasteiger partial charge in [-0.05, 0) is 35.9 Å². The Kier molecular flexibility index (Phi) is 5.13. The number of benzene rings is 2. The fourth-order valence-corrected chi connectivity index (χ4v) is 3.97. The number of fused-ring (bicyclic) bond motifs is 1. The van der Waals surface area contributed by atoms with Crippen molar-refractivity contribution in [2.45, 2.75) is 12.7 Å². The largest absolute Gasteiger partial charge is 0.416 e. The standard InChI is InChI=1S/C21H14F3N3O2S/c22-21(23,24)14-6-8-15(9-7-14)26-18(28)11-27-12-25-16-10-17(30-19(16)20(27)29)13-4-2-1-3-5-13/h1-10,12H,11H2,(H,26,28). The molecule has 0 aliphatic carbocycles. The van der Waals surface area contributed by atoms with E-state index >= 15 is 0 Å². The monoisotopic (exact) mass is 429 g/mol. The van der Waals surface area contributed by atoms with Crippen LogP contribution in [0.2, 0.25) is 0 Å². The number of halogens is 3. The molecule has 0 bridgehead atoms. The molecule has 5 nitrogen and oxygen atoms in total. The summed E-state index contributed by atoms with van der Waals surface area (Å²) in [5.74, 6) is -0.544. The Morgan fingerprint density at radius 3 is 2.43 bits per heavy atom. The van der Waals surface area contributed by atoms with Crippen LogP contribution in [0.5, 0.6) is 0 Å². The van der Waals surface area contributed by atoms with Gasteiger partial charge in [-0.15, -0.1) is 11.3 Å². The quantitative estimate of drug-likeness (QED) is 0.508. The average molecular weight is 429 g/mol. The van der Waals surface area contributed by atoms with E-state index in [1.165, 1.54) is 22.2 Å². The lowest BCUT2D eigenvalue weighted by Crippen LogP contribution is -2.27. The number of amides is 1. The Bertz CT molecular complexity index is 1260. The third-order valence-corrected chi connectivity index (χ3v) is 5.53. The SMILES string of the molecule is O=C(Cn1cnc2cc(-c3ccccc3)sc2c1=O)Nc1ccc(C(F)(F)F)cc1. The van der Waals surface area contributed by atoms with Crippen LogP contribution in [0.1, 0.15) is 5.56 Å². The molecule has 0 aliphatic heterocycles. The molecule has 2 aromatic carbocycles. The first kappa shape index (κ1) is 19.8. The first-order chi connectivity index (χ1) is 14.3. The van der Waals surface area contributed by atoms with Crippen LogP contribution in [-0.2, 0) is 17.5 Å². The van der Waals surface area contributed by atoms with Crippen LogP contribution in [0.15, 0.2) is 71.8 Å². The van der Waals surface area contributed by atoms with Crippen molar-refractivity contribution in [2.24, 2.45) is 0 Å². The van der Waals surface area contributed by atoms with E-state index in [0.717, 1.165) is 34.7 Å². The van der Waals surface area contributed by atoms with Crippen molar-refractivity contribution in [1.82, 2.24) is 9.55 Å². The fraction of sp³-hybridized carbons (Fsp3) is 0.0952. The highest BCUT2D eigenvalue weighted by Crippen LogP contribution is 2.31. The van der Waals surface area contributed by atoms with E-state index in [0.29, 0.717) is 10.2 Å². The molecule has 4 aromatic rings. The lowest BCUT2D eigenvalue weighted by atomic mass is 10.2. The van der Waals surface area contributed by atoms with Gasteiger partial charge in [-0.2, -0.15) is 13.2 Å². The summed E-state index contributed by atoms with van der Waals surface area (Å²) in [4.78, 5) is 30.2. The number of carbonyl (C=O) groups excluding carboxylic acids is 1. The van der Waals surface area contributed by atoms with Crippen LogP contribution >= 0.6 is 11.3 Å². The van der Waals surface area contributed by atoms with Crippen molar-refractivity contribution in [3.8, 4) is 10.4 Å². The molecule has 1 amide bonds. The Morgan fingerprint density at radius 2 is 1.77 bits per heavy atom. The second-order valence-electron chi connectivity index (χ2n) is 6.49. The van der Waals surface area contributed by atoms with Crippen molar-refractivity contribution in [2.75, 3.05) is 5.32 Å². The van der Waals surface area contributed by atoms with Gasteiger partial charge in [-0.3, -0.25) is 14.2 Å². The minimum atomic E-state index is -4.45. The number of nitrogens with one attached hydrogen (secondary N) is 1. The highest BCUT2D eigenvalue weighted by molar-refractivity contribution is 7.22. The summed E-state index contributed by atoms with van der Waals surface area (Å²) < 4.78 is 39.5. The summed E-state index contributed by atoms with van der Waals surface area (Å²) in [5, 5.41) is 2.49. The summed E-state index contributed by atoms with van der Waals surface area (Å²) >= 11 is 1.29. The summed E-state index contributed by atoms with van der Waals surface area (Å²) in [7, 11) is 0. The van der Waals surface area contributed by atoms with Gasteiger partial charge in [-0.25, -0.2) is 4.98 Å². The van der Waals surface area contributed by atoms with E-state index in [1.807, 2.05) is 36.4 Å². The molecule has 1 N–H and O–H groups in total. The van der Waals surface area contributed by atoms with Gasteiger partial charge in [0.2, 0.25) is 5.91 Å². The maximum absolute atomic E-state index is 12.7. The average Bonchev–Trinajstić information content (AvgIpc) is 3.16. The second kappa shape index (κ2) is 7.75. The molecule has 152 valence electrons. The topological polar surface area (TPSA) is 64.0 Å². The number of hydrogen-bond donors (Lipinski definition) is 1. The van der Waals surface area contributed by atoms with Crippen molar-refractivity contribution in [3.05, 3.63) is 82.9 Å². The van der Waals surface area contributed by atoms with Gasteiger partial charge < -0.3 is 5.32 Å². The maximum atomic E-state index is 12.7. The second-order valence-corrected chi connectivity index (χ2v) is 7.54. The molecule has 2 aromatic heterocycles. The van der Waals surface area contributed by atoms with Gasteiger partial charge in [0.05, 0.1) is 17.4 Å². The van der Waals surface area contributed by atoms with Crippen LogP contribution in [0, 0.1) is 0 Å². The summed E-state index contributed by atoms with van der Waals surface area (Å²) in [5.41, 5.74) is 0.556. The third kappa shape index (κ3) is 4.11. The van der Waals surface area contributed by atoms with Crippen LogP contribution in [0.25, 0.3) is 20.7 Å². The summed E-state index contributed by atoms with van der Waals surface area (Å²) in [6.45, 7) is -0.304. The molecule has 0 aliphatic rings. The molecule has 0 saturated heterocycles.